The van der Waals surface area contributed by atoms with Crippen LogP contribution in [0.15, 0.2) is 59.5 Å². The molecule has 3 rings (SSSR count). The van der Waals surface area contributed by atoms with Gasteiger partial charge in [-0.15, -0.1) is 0 Å². The van der Waals surface area contributed by atoms with Crippen molar-refractivity contribution >= 4 is 23.4 Å². The van der Waals surface area contributed by atoms with Crippen LogP contribution in [-0.4, -0.2) is 18.1 Å². The molecular formula is C21H21ClN2O. The Morgan fingerprint density at radius 2 is 1.76 bits per heavy atom. The molecule has 0 bridgehead atoms. The van der Waals surface area contributed by atoms with Crippen molar-refractivity contribution in [2.75, 3.05) is 18.0 Å². The van der Waals surface area contributed by atoms with Gasteiger partial charge in [0.1, 0.15) is 5.69 Å². The molecule has 0 radical (unpaired) electrons. The minimum absolute atomic E-state index is 0.484. The Morgan fingerprint density at radius 3 is 2.36 bits per heavy atom. The lowest BCUT2D eigenvalue weighted by molar-refractivity contribution is 0.560. The van der Waals surface area contributed by atoms with Crippen molar-refractivity contribution in [2.45, 2.75) is 13.8 Å². The number of halogens is 1. The van der Waals surface area contributed by atoms with Gasteiger partial charge < -0.3 is 9.32 Å². The summed E-state index contributed by atoms with van der Waals surface area (Å²) in [5, 5.41) is 0.646. The highest BCUT2D eigenvalue weighted by molar-refractivity contribution is 6.33. The van der Waals surface area contributed by atoms with E-state index in [9.17, 15) is 0 Å². The molecule has 0 spiro atoms. The molecule has 1 heterocycles. The van der Waals surface area contributed by atoms with Gasteiger partial charge in [-0.05, 0) is 50.3 Å². The first-order valence-corrected chi connectivity index (χ1v) is 8.79. The van der Waals surface area contributed by atoms with E-state index in [0.717, 1.165) is 29.9 Å². The smallest absolute Gasteiger partial charge is 0.219 e. The van der Waals surface area contributed by atoms with Gasteiger partial charge in [0.25, 0.3) is 0 Å². The monoisotopic (exact) mass is 352 g/mol. The number of anilines is 1. The van der Waals surface area contributed by atoms with Crippen LogP contribution in [0, 0.1) is 0 Å². The van der Waals surface area contributed by atoms with Crippen LogP contribution in [0.1, 0.15) is 19.7 Å². The number of aromatic nitrogens is 1. The molecule has 0 aliphatic heterocycles. The van der Waals surface area contributed by atoms with Gasteiger partial charge in [0.2, 0.25) is 5.89 Å². The van der Waals surface area contributed by atoms with Gasteiger partial charge in [-0.1, -0.05) is 36.4 Å². The van der Waals surface area contributed by atoms with Crippen LogP contribution >= 0.6 is 11.6 Å². The summed E-state index contributed by atoms with van der Waals surface area (Å²) >= 11 is 6.36. The standard InChI is InChI=1S/C21H21ClN2O/c1-4-19-23-20(17-9-7-8-10-18(17)22)21(25-19)15-11-13-16(14-12-15)24(5-2)6-3/h4,7-14H,1,5-6H2,2-3H3. The molecule has 0 saturated heterocycles. The summed E-state index contributed by atoms with van der Waals surface area (Å²) in [7, 11) is 0. The lowest BCUT2D eigenvalue weighted by Crippen LogP contribution is -2.21. The zero-order chi connectivity index (χ0) is 17.8. The molecule has 0 amide bonds. The van der Waals surface area contributed by atoms with Gasteiger partial charge in [-0.2, -0.15) is 0 Å². The SMILES string of the molecule is C=Cc1nc(-c2ccccc2Cl)c(-c2ccc(N(CC)CC)cc2)o1. The third kappa shape index (κ3) is 3.47. The van der Waals surface area contributed by atoms with Gasteiger partial charge in [-0.25, -0.2) is 4.98 Å². The van der Waals surface area contributed by atoms with Crippen molar-refractivity contribution < 1.29 is 4.42 Å². The summed E-state index contributed by atoms with van der Waals surface area (Å²) in [4.78, 5) is 6.85. The van der Waals surface area contributed by atoms with E-state index in [2.05, 4.69) is 54.6 Å². The van der Waals surface area contributed by atoms with Crippen molar-refractivity contribution in [3.63, 3.8) is 0 Å². The largest absolute Gasteiger partial charge is 0.436 e. The molecule has 25 heavy (non-hydrogen) atoms. The van der Waals surface area contributed by atoms with E-state index in [1.54, 1.807) is 6.08 Å². The number of hydrogen-bond donors (Lipinski definition) is 0. The van der Waals surface area contributed by atoms with Gasteiger partial charge in [0, 0.05) is 29.9 Å². The van der Waals surface area contributed by atoms with Crippen LogP contribution in [0.3, 0.4) is 0 Å². The number of benzene rings is 2. The van der Waals surface area contributed by atoms with E-state index in [-0.39, 0.29) is 0 Å². The molecule has 4 heteroatoms. The second kappa shape index (κ2) is 7.58. The number of nitrogens with zero attached hydrogens (tertiary/aromatic N) is 2. The average Bonchev–Trinajstić information content (AvgIpc) is 3.08. The lowest BCUT2D eigenvalue weighted by Gasteiger charge is -2.21. The first-order valence-electron chi connectivity index (χ1n) is 8.41. The van der Waals surface area contributed by atoms with Gasteiger partial charge >= 0.3 is 0 Å². The Morgan fingerprint density at radius 1 is 1.08 bits per heavy atom. The normalized spacial score (nSPS) is 10.7. The van der Waals surface area contributed by atoms with Gasteiger partial charge in [-0.3, -0.25) is 0 Å². The second-order valence-corrected chi connectivity index (χ2v) is 6.04. The Balaban J connectivity index is 2.07. The van der Waals surface area contributed by atoms with Crippen molar-refractivity contribution in [3.05, 3.63) is 66.0 Å². The van der Waals surface area contributed by atoms with E-state index >= 15 is 0 Å². The van der Waals surface area contributed by atoms with E-state index < -0.39 is 0 Å². The van der Waals surface area contributed by atoms with Crippen molar-refractivity contribution in [2.24, 2.45) is 0 Å². The maximum Gasteiger partial charge on any atom is 0.219 e. The Labute approximate surface area is 153 Å². The first kappa shape index (κ1) is 17.3. The molecule has 128 valence electrons. The zero-order valence-electron chi connectivity index (χ0n) is 14.5. The maximum absolute atomic E-state index is 6.36. The molecule has 0 atom stereocenters. The summed E-state index contributed by atoms with van der Waals surface area (Å²) in [5.41, 5.74) is 3.74. The third-order valence-electron chi connectivity index (χ3n) is 4.21. The molecule has 0 N–H and O–H groups in total. The molecule has 0 aliphatic carbocycles. The molecule has 3 nitrogen and oxygen atoms in total. The van der Waals surface area contributed by atoms with E-state index in [0.29, 0.717) is 16.7 Å². The molecule has 3 aromatic rings. The van der Waals surface area contributed by atoms with Crippen molar-refractivity contribution in [3.8, 4) is 22.6 Å². The summed E-state index contributed by atoms with van der Waals surface area (Å²) in [6.45, 7) is 10.0. The average molecular weight is 353 g/mol. The van der Waals surface area contributed by atoms with Gasteiger partial charge in [0.05, 0.1) is 5.02 Å². The van der Waals surface area contributed by atoms with Gasteiger partial charge in [0.15, 0.2) is 5.76 Å². The summed E-state index contributed by atoms with van der Waals surface area (Å²) in [6, 6.07) is 16.0. The van der Waals surface area contributed by atoms with Crippen LogP contribution in [0.2, 0.25) is 5.02 Å². The van der Waals surface area contributed by atoms with Crippen LogP contribution in [0.4, 0.5) is 5.69 Å². The minimum Gasteiger partial charge on any atom is -0.436 e. The number of hydrogen-bond acceptors (Lipinski definition) is 3. The summed E-state index contributed by atoms with van der Waals surface area (Å²) in [5.74, 6) is 1.19. The maximum atomic E-state index is 6.36. The fraction of sp³-hybridized carbons (Fsp3) is 0.190. The number of oxazole rings is 1. The van der Waals surface area contributed by atoms with E-state index in [1.807, 2.05) is 24.3 Å². The Hall–Kier alpha value is -2.52. The predicted molar refractivity (Wildman–Crippen MR) is 106 cm³/mol. The fourth-order valence-electron chi connectivity index (χ4n) is 2.87. The predicted octanol–water partition coefficient (Wildman–Crippen LogP) is 6.15. The molecule has 0 unspecified atom stereocenters. The highest BCUT2D eigenvalue weighted by Crippen LogP contribution is 2.37. The molecular weight excluding hydrogens is 332 g/mol. The van der Waals surface area contributed by atoms with Crippen LogP contribution in [0.5, 0.6) is 0 Å². The second-order valence-electron chi connectivity index (χ2n) is 5.63. The summed E-state index contributed by atoms with van der Waals surface area (Å²) in [6.07, 6.45) is 1.61. The molecule has 0 fully saturated rings. The highest BCUT2D eigenvalue weighted by Gasteiger charge is 2.18. The number of rotatable bonds is 6. The fourth-order valence-corrected chi connectivity index (χ4v) is 3.09. The molecule has 1 aromatic heterocycles. The molecule has 2 aromatic carbocycles. The van der Waals surface area contributed by atoms with Crippen LogP contribution < -0.4 is 4.90 Å². The first-order chi connectivity index (χ1) is 12.2. The van der Waals surface area contributed by atoms with Crippen molar-refractivity contribution in [1.82, 2.24) is 4.98 Å². The van der Waals surface area contributed by atoms with E-state index in [4.69, 9.17) is 16.0 Å². The molecule has 0 aliphatic rings. The topological polar surface area (TPSA) is 29.3 Å². The third-order valence-corrected chi connectivity index (χ3v) is 4.53. The quantitative estimate of drug-likeness (QED) is 0.532. The summed E-state index contributed by atoms with van der Waals surface area (Å²) < 4.78 is 5.91. The Kier molecular flexibility index (Phi) is 5.25. The zero-order valence-corrected chi connectivity index (χ0v) is 15.3. The highest BCUT2D eigenvalue weighted by atomic mass is 35.5. The minimum atomic E-state index is 0.484. The molecule has 0 saturated carbocycles. The van der Waals surface area contributed by atoms with Crippen molar-refractivity contribution in [1.29, 1.82) is 0 Å². The van der Waals surface area contributed by atoms with E-state index in [1.165, 1.54) is 5.69 Å². The van der Waals surface area contributed by atoms with Crippen LogP contribution in [0.25, 0.3) is 28.7 Å². The lowest BCUT2D eigenvalue weighted by atomic mass is 10.1. The Bertz CT molecular complexity index is 864. The van der Waals surface area contributed by atoms with Crippen LogP contribution in [-0.2, 0) is 0 Å².